The van der Waals surface area contributed by atoms with Gasteiger partial charge in [-0.3, -0.25) is 0 Å². The summed E-state index contributed by atoms with van der Waals surface area (Å²) in [7, 11) is -1.25. The van der Waals surface area contributed by atoms with Crippen molar-refractivity contribution in [3.05, 3.63) is 30.1 Å². The first-order valence-corrected chi connectivity index (χ1v) is 11.3. The van der Waals surface area contributed by atoms with Gasteiger partial charge in [-0.05, 0) is 44.3 Å². The van der Waals surface area contributed by atoms with Gasteiger partial charge in [0.15, 0.2) is 9.84 Å². The van der Waals surface area contributed by atoms with E-state index in [0.717, 1.165) is 6.54 Å². The van der Waals surface area contributed by atoms with Crippen LogP contribution < -0.4 is 0 Å². The van der Waals surface area contributed by atoms with Gasteiger partial charge in [-0.1, -0.05) is 25.4 Å². The molecule has 21 heavy (non-hydrogen) atoms. The molecule has 1 aromatic rings. The number of benzene rings is 1. The van der Waals surface area contributed by atoms with Gasteiger partial charge in [0.1, 0.15) is 5.82 Å². The summed E-state index contributed by atoms with van der Waals surface area (Å²) in [5, 5.41) is 0. The Hall–Kier alpha value is -0.723. The van der Waals surface area contributed by atoms with Crippen LogP contribution in [0, 0.1) is 5.82 Å². The van der Waals surface area contributed by atoms with Crippen molar-refractivity contribution in [2.45, 2.75) is 36.7 Å². The van der Waals surface area contributed by atoms with Gasteiger partial charge in [0.2, 0.25) is 0 Å². The Morgan fingerprint density at radius 1 is 1.14 bits per heavy atom. The van der Waals surface area contributed by atoms with E-state index in [4.69, 9.17) is 0 Å². The molecule has 0 amide bonds. The van der Waals surface area contributed by atoms with Crippen LogP contribution in [0.1, 0.15) is 19.8 Å². The van der Waals surface area contributed by atoms with Crippen molar-refractivity contribution in [1.29, 1.82) is 0 Å². The van der Waals surface area contributed by atoms with Crippen molar-refractivity contribution in [2.24, 2.45) is 0 Å². The molecule has 0 saturated carbocycles. The van der Waals surface area contributed by atoms with Crippen LogP contribution in [0.2, 0.25) is 12.1 Å². The van der Waals surface area contributed by atoms with E-state index in [9.17, 15) is 12.8 Å². The first-order valence-electron chi connectivity index (χ1n) is 7.62. The Kier molecular flexibility index (Phi) is 8.14. The first kappa shape index (κ1) is 18.3. The lowest BCUT2D eigenvalue weighted by Crippen LogP contribution is -2.26. The van der Waals surface area contributed by atoms with E-state index < -0.39 is 15.7 Å². The Morgan fingerprint density at radius 2 is 1.81 bits per heavy atom. The highest BCUT2D eigenvalue weighted by Crippen LogP contribution is 2.12. The Morgan fingerprint density at radius 3 is 2.43 bits per heavy atom. The predicted octanol–water partition coefficient (Wildman–Crippen LogP) is 2.34. The lowest BCUT2D eigenvalue weighted by molar-refractivity contribution is 0.353. The fourth-order valence-corrected chi connectivity index (χ4v) is 4.90. The molecule has 0 heterocycles. The van der Waals surface area contributed by atoms with Crippen molar-refractivity contribution >= 4 is 19.4 Å². The molecule has 0 bridgehead atoms. The Labute approximate surface area is 130 Å². The van der Waals surface area contributed by atoms with Gasteiger partial charge in [-0.25, -0.2) is 12.8 Å². The minimum atomic E-state index is -3.31. The summed E-state index contributed by atoms with van der Waals surface area (Å²) in [5.41, 5.74) is 0. The monoisotopic (exact) mass is 331 g/mol. The van der Waals surface area contributed by atoms with Crippen LogP contribution in [0.3, 0.4) is 0 Å². The van der Waals surface area contributed by atoms with E-state index in [1.165, 1.54) is 49.2 Å². The zero-order valence-electron chi connectivity index (χ0n) is 13.0. The van der Waals surface area contributed by atoms with Crippen LogP contribution in [0.4, 0.5) is 4.39 Å². The number of rotatable bonds is 10. The molecule has 3 nitrogen and oxygen atoms in total. The van der Waals surface area contributed by atoms with Gasteiger partial charge >= 0.3 is 0 Å². The third kappa shape index (κ3) is 7.20. The van der Waals surface area contributed by atoms with Gasteiger partial charge in [-0.15, -0.1) is 0 Å². The van der Waals surface area contributed by atoms with Crippen LogP contribution >= 0.6 is 0 Å². The second-order valence-electron chi connectivity index (χ2n) is 5.49. The lowest BCUT2D eigenvalue weighted by atomic mass is 10.4. The van der Waals surface area contributed by atoms with Crippen LogP contribution in [0.5, 0.6) is 0 Å². The molecule has 0 fully saturated rings. The minimum absolute atomic E-state index is 0.0848. The summed E-state index contributed by atoms with van der Waals surface area (Å²) < 4.78 is 37.1. The van der Waals surface area contributed by atoms with E-state index in [0.29, 0.717) is 6.54 Å². The highest BCUT2D eigenvalue weighted by molar-refractivity contribution is 7.91. The van der Waals surface area contributed by atoms with E-state index in [1.54, 1.807) is 0 Å². The molecule has 0 aliphatic heterocycles. The highest BCUT2D eigenvalue weighted by atomic mass is 32.2. The van der Waals surface area contributed by atoms with Gasteiger partial charge in [-0.2, -0.15) is 0 Å². The molecular weight excluding hydrogens is 305 g/mol. The molecule has 0 aromatic heterocycles. The molecule has 0 saturated heterocycles. The van der Waals surface area contributed by atoms with Crippen molar-refractivity contribution in [3.63, 3.8) is 0 Å². The largest absolute Gasteiger partial charge is 0.305 e. The normalized spacial score (nSPS) is 12.6. The SMILES string of the molecule is CCC[SiH2]CCCN(C)CCS(=O)(=O)c1ccc(F)cc1. The maximum Gasteiger partial charge on any atom is 0.179 e. The van der Waals surface area contributed by atoms with Gasteiger partial charge in [0, 0.05) is 16.1 Å². The number of halogens is 1. The summed E-state index contributed by atoms with van der Waals surface area (Å²) in [4.78, 5) is 2.27. The summed E-state index contributed by atoms with van der Waals surface area (Å²) in [6.45, 7) is 3.70. The van der Waals surface area contributed by atoms with Crippen LogP contribution in [-0.4, -0.2) is 48.7 Å². The van der Waals surface area contributed by atoms with Crippen molar-refractivity contribution in [1.82, 2.24) is 4.90 Å². The second kappa shape index (κ2) is 9.33. The molecule has 0 aliphatic carbocycles. The molecule has 0 atom stereocenters. The second-order valence-corrected chi connectivity index (χ2v) is 9.72. The number of nitrogens with zero attached hydrogens (tertiary/aromatic N) is 1. The third-order valence-electron chi connectivity index (χ3n) is 3.56. The summed E-state index contributed by atoms with van der Waals surface area (Å²) in [5.74, 6) is -0.330. The maximum absolute atomic E-state index is 12.8. The third-order valence-corrected chi connectivity index (χ3v) is 7.48. The molecule has 0 aliphatic rings. The topological polar surface area (TPSA) is 37.4 Å². The molecule has 1 aromatic carbocycles. The molecule has 6 heteroatoms. The van der Waals surface area contributed by atoms with Crippen LogP contribution in [0.25, 0.3) is 0 Å². The minimum Gasteiger partial charge on any atom is -0.305 e. The maximum atomic E-state index is 12.8. The zero-order valence-corrected chi connectivity index (χ0v) is 15.2. The van der Waals surface area contributed by atoms with E-state index in [2.05, 4.69) is 11.8 Å². The Bertz CT molecular complexity index is 505. The smallest absolute Gasteiger partial charge is 0.179 e. The number of sulfone groups is 1. The van der Waals surface area contributed by atoms with E-state index >= 15 is 0 Å². The van der Waals surface area contributed by atoms with Crippen molar-refractivity contribution in [3.8, 4) is 0 Å². The van der Waals surface area contributed by atoms with E-state index in [1.807, 2.05) is 7.05 Å². The van der Waals surface area contributed by atoms with E-state index in [-0.39, 0.29) is 20.2 Å². The fraction of sp³-hybridized carbons (Fsp3) is 0.600. The molecular formula is C15H26FNO2SSi. The zero-order chi connectivity index (χ0) is 15.7. The van der Waals surface area contributed by atoms with Gasteiger partial charge < -0.3 is 4.90 Å². The van der Waals surface area contributed by atoms with Crippen molar-refractivity contribution < 1.29 is 12.8 Å². The summed E-state index contributed by atoms with van der Waals surface area (Å²) in [6, 6.07) is 7.79. The van der Waals surface area contributed by atoms with Crippen molar-refractivity contribution in [2.75, 3.05) is 25.9 Å². The highest BCUT2D eigenvalue weighted by Gasteiger charge is 2.15. The predicted molar refractivity (Wildman–Crippen MR) is 89.0 cm³/mol. The quantitative estimate of drug-likeness (QED) is 0.375. The Balaban J connectivity index is 2.34. The molecule has 0 unspecified atom stereocenters. The number of hydrogen-bond acceptors (Lipinski definition) is 3. The molecule has 1 rings (SSSR count). The van der Waals surface area contributed by atoms with Gasteiger partial charge in [0.05, 0.1) is 10.6 Å². The van der Waals surface area contributed by atoms with Gasteiger partial charge in [0.25, 0.3) is 0 Å². The first-order chi connectivity index (χ1) is 9.95. The molecule has 0 spiro atoms. The summed E-state index contributed by atoms with van der Waals surface area (Å²) >= 11 is 0. The number of hydrogen-bond donors (Lipinski definition) is 0. The van der Waals surface area contributed by atoms with Crippen LogP contribution in [-0.2, 0) is 9.84 Å². The molecule has 0 radical (unpaired) electrons. The van der Waals surface area contributed by atoms with Crippen LogP contribution in [0.15, 0.2) is 29.2 Å². The fourth-order valence-electron chi connectivity index (χ4n) is 2.13. The lowest BCUT2D eigenvalue weighted by Gasteiger charge is -2.16. The average Bonchev–Trinajstić information content (AvgIpc) is 2.45. The molecule has 0 N–H and O–H groups in total. The summed E-state index contributed by atoms with van der Waals surface area (Å²) in [6.07, 6.45) is 2.46. The standard InChI is InChI=1S/C15H26FNO2SSi/c1-3-12-21-13-4-9-17(2)10-11-20(18,19)15-7-5-14(16)6-8-15/h5-8H,3-4,9-13,21H2,1-2H3. The average molecular weight is 332 g/mol. The molecule has 120 valence electrons.